The second-order valence-corrected chi connectivity index (χ2v) is 5.78. The summed E-state index contributed by atoms with van der Waals surface area (Å²) in [5, 5.41) is 0. The van der Waals surface area contributed by atoms with Gasteiger partial charge >= 0.3 is 0 Å². The van der Waals surface area contributed by atoms with Crippen LogP contribution >= 0.6 is 15.9 Å². The highest BCUT2D eigenvalue weighted by Crippen LogP contribution is 2.32. The lowest BCUT2D eigenvalue weighted by atomic mass is 9.85. The molecule has 1 aromatic carbocycles. The number of benzene rings is 1. The Morgan fingerprint density at radius 2 is 2.24 bits per heavy atom. The lowest BCUT2D eigenvalue weighted by molar-refractivity contribution is 0.123. The predicted octanol–water partition coefficient (Wildman–Crippen LogP) is 4.38. The van der Waals surface area contributed by atoms with E-state index in [1.165, 1.54) is 25.7 Å². The van der Waals surface area contributed by atoms with Gasteiger partial charge in [-0.1, -0.05) is 35.7 Å². The average molecular weight is 298 g/mol. The zero-order chi connectivity index (χ0) is 12.3. The molecule has 2 atom stereocenters. The molecule has 0 saturated heterocycles. The molecule has 0 spiro atoms. The molecule has 3 heteroatoms. The molecule has 0 aliphatic heterocycles. The van der Waals surface area contributed by atoms with Crippen LogP contribution in [0.5, 0.6) is 5.75 Å². The van der Waals surface area contributed by atoms with Crippen molar-refractivity contribution in [1.82, 2.24) is 0 Å². The predicted molar refractivity (Wildman–Crippen MR) is 75.2 cm³/mol. The second kappa shape index (κ2) is 5.76. The highest BCUT2D eigenvalue weighted by atomic mass is 79.9. The third-order valence-electron chi connectivity index (χ3n) is 3.58. The summed E-state index contributed by atoms with van der Waals surface area (Å²) in [6.07, 6.45) is 6.55. The van der Waals surface area contributed by atoms with Crippen molar-refractivity contribution in [3.05, 3.63) is 22.7 Å². The second-order valence-electron chi connectivity index (χ2n) is 4.86. The molecule has 1 aliphatic rings. The molecule has 1 aliphatic carbocycles. The maximum atomic E-state index is 6.04. The Morgan fingerprint density at radius 1 is 1.41 bits per heavy atom. The Labute approximate surface area is 112 Å². The highest BCUT2D eigenvalue weighted by molar-refractivity contribution is 9.10. The molecule has 1 fully saturated rings. The van der Waals surface area contributed by atoms with Gasteiger partial charge in [-0.3, -0.25) is 0 Å². The number of anilines is 1. The van der Waals surface area contributed by atoms with E-state index < -0.39 is 0 Å². The first-order valence-corrected chi connectivity index (χ1v) is 7.20. The first-order chi connectivity index (χ1) is 8.19. The smallest absolute Gasteiger partial charge is 0.143 e. The Balaban J connectivity index is 2.02. The normalized spacial score (nSPS) is 24.6. The van der Waals surface area contributed by atoms with Crippen LogP contribution in [0.3, 0.4) is 0 Å². The molecular weight excluding hydrogens is 278 g/mol. The van der Waals surface area contributed by atoms with Crippen LogP contribution in [-0.4, -0.2) is 6.10 Å². The van der Waals surface area contributed by atoms with Crippen molar-refractivity contribution in [2.45, 2.75) is 45.1 Å². The Morgan fingerprint density at radius 3 is 3.00 bits per heavy atom. The summed E-state index contributed by atoms with van der Waals surface area (Å²) in [7, 11) is 0. The summed E-state index contributed by atoms with van der Waals surface area (Å²) in [6.45, 7) is 2.26. The topological polar surface area (TPSA) is 35.2 Å². The number of nitrogens with two attached hydrogens (primary N) is 1. The summed E-state index contributed by atoms with van der Waals surface area (Å²) in [6, 6.07) is 5.79. The summed E-state index contributed by atoms with van der Waals surface area (Å²) in [5.41, 5.74) is 6.66. The Kier molecular flexibility index (Phi) is 4.32. The van der Waals surface area contributed by atoms with Crippen LogP contribution < -0.4 is 10.5 Å². The van der Waals surface area contributed by atoms with Gasteiger partial charge < -0.3 is 10.5 Å². The Hall–Kier alpha value is -0.700. The third-order valence-corrected chi connectivity index (χ3v) is 4.07. The lowest BCUT2D eigenvalue weighted by Gasteiger charge is -2.29. The van der Waals surface area contributed by atoms with E-state index in [2.05, 4.69) is 22.9 Å². The Bertz CT molecular complexity index is 380. The van der Waals surface area contributed by atoms with Crippen molar-refractivity contribution in [3.8, 4) is 5.75 Å². The van der Waals surface area contributed by atoms with Crippen LogP contribution in [-0.2, 0) is 0 Å². The van der Waals surface area contributed by atoms with E-state index in [9.17, 15) is 0 Å². The van der Waals surface area contributed by atoms with E-state index in [4.69, 9.17) is 10.5 Å². The fraction of sp³-hybridized carbons (Fsp3) is 0.571. The molecule has 2 unspecified atom stereocenters. The first kappa shape index (κ1) is 12.7. The van der Waals surface area contributed by atoms with Gasteiger partial charge in [0.05, 0.1) is 11.8 Å². The van der Waals surface area contributed by atoms with Crippen molar-refractivity contribution < 1.29 is 4.74 Å². The average Bonchev–Trinajstić information content (AvgIpc) is 2.34. The van der Waals surface area contributed by atoms with Crippen LogP contribution in [0.25, 0.3) is 0 Å². The maximum absolute atomic E-state index is 6.04. The van der Waals surface area contributed by atoms with Gasteiger partial charge in [0.15, 0.2) is 0 Å². The molecule has 1 aromatic rings. The van der Waals surface area contributed by atoms with E-state index in [1.54, 1.807) is 0 Å². The van der Waals surface area contributed by atoms with Gasteiger partial charge in [-0.25, -0.2) is 0 Å². The van der Waals surface area contributed by atoms with Gasteiger partial charge in [0.25, 0.3) is 0 Å². The quantitative estimate of drug-likeness (QED) is 0.840. The zero-order valence-electron chi connectivity index (χ0n) is 10.3. The fourth-order valence-corrected chi connectivity index (χ4v) is 2.85. The summed E-state index contributed by atoms with van der Waals surface area (Å²) >= 11 is 3.45. The van der Waals surface area contributed by atoms with Crippen LogP contribution in [0.4, 0.5) is 5.69 Å². The molecule has 94 valence electrons. The van der Waals surface area contributed by atoms with Crippen LogP contribution in [0, 0.1) is 5.92 Å². The molecule has 2 nitrogen and oxygen atoms in total. The van der Waals surface area contributed by atoms with Crippen molar-refractivity contribution in [1.29, 1.82) is 0 Å². The molecular formula is C14H20BrNO. The van der Waals surface area contributed by atoms with Gasteiger partial charge in [-0.05, 0) is 43.4 Å². The van der Waals surface area contributed by atoms with Crippen LogP contribution in [0.15, 0.2) is 22.7 Å². The van der Waals surface area contributed by atoms with Gasteiger partial charge in [-0.15, -0.1) is 0 Å². The number of hydrogen-bond donors (Lipinski definition) is 1. The molecule has 17 heavy (non-hydrogen) atoms. The minimum atomic E-state index is 0.338. The van der Waals surface area contributed by atoms with E-state index in [1.807, 2.05) is 18.2 Å². The van der Waals surface area contributed by atoms with Gasteiger partial charge in [0.2, 0.25) is 0 Å². The molecule has 0 amide bonds. The molecule has 0 bridgehead atoms. The fourth-order valence-electron chi connectivity index (χ4n) is 2.51. The number of ether oxygens (including phenoxy) is 1. The van der Waals surface area contributed by atoms with E-state index in [0.29, 0.717) is 6.10 Å². The monoisotopic (exact) mass is 297 g/mol. The van der Waals surface area contributed by atoms with Crippen LogP contribution in [0.2, 0.25) is 0 Å². The van der Waals surface area contributed by atoms with Gasteiger partial charge in [0, 0.05) is 4.47 Å². The van der Waals surface area contributed by atoms with Gasteiger partial charge in [0.1, 0.15) is 5.75 Å². The van der Waals surface area contributed by atoms with E-state index >= 15 is 0 Å². The molecule has 2 N–H and O–H groups in total. The van der Waals surface area contributed by atoms with Crippen molar-refractivity contribution in [2.75, 3.05) is 5.73 Å². The van der Waals surface area contributed by atoms with Crippen molar-refractivity contribution in [2.24, 2.45) is 5.92 Å². The zero-order valence-corrected chi connectivity index (χ0v) is 11.9. The molecule has 0 heterocycles. The first-order valence-electron chi connectivity index (χ1n) is 6.40. The number of halogens is 1. The lowest BCUT2D eigenvalue weighted by Crippen LogP contribution is -2.25. The van der Waals surface area contributed by atoms with E-state index in [-0.39, 0.29) is 0 Å². The summed E-state index contributed by atoms with van der Waals surface area (Å²) in [4.78, 5) is 0. The maximum Gasteiger partial charge on any atom is 0.143 e. The number of hydrogen-bond acceptors (Lipinski definition) is 2. The van der Waals surface area contributed by atoms with E-state index in [0.717, 1.165) is 28.2 Å². The molecule has 0 radical (unpaired) electrons. The SMILES string of the molecule is CCC1CCCC(Oc2cc(Br)ccc2N)C1. The van der Waals surface area contributed by atoms with Crippen LogP contribution in [0.1, 0.15) is 39.0 Å². The van der Waals surface area contributed by atoms with Gasteiger partial charge in [-0.2, -0.15) is 0 Å². The molecule has 2 rings (SSSR count). The van der Waals surface area contributed by atoms with Crippen molar-refractivity contribution >= 4 is 21.6 Å². The summed E-state index contributed by atoms with van der Waals surface area (Å²) < 4.78 is 7.06. The largest absolute Gasteiger partial charge is 0.488 e. The minimum absolute atomic E-state index is 0.338. The molecule has 1 saturated carbocycles. The third kappa shape index (κ3) is 3.38. The highest BCUT2D eigenvalue weighted by Gasteiger charge is 2.22. The standard InChI is InChI=1S/C14H20BrNO/c1-2-10-4-3-5-12(8-10)17-14-9-11(15)6-7-13(14)16/h6-7,9-10,12H,2-5,8,16H2,1H3. The van der Waals surface area contributed by atoms with Crippen molar-refractivity contribution in [3.63, 3.8) is 0 Å². The number of rotatable bonds is 3. The number of nitrogen functional groups attached to an aromatic ring is 1. The summed E-state index contributed by atoms with van der Waals surface area (Å²) in [5.74, 6) is 1.64. The molecule has 0 aromatic heterocycles. The minimum Gasteiger partial charge on any atom is -0.488 e.